The lowest BCUT2D eigenvalue weighted by Gasteiger charge is -2.52. The Labute approximate surface area is 215 Å². The first kappa shape index (κ1) is 26.1. The highest BCUT2D eigenvalue weighted by Gasteiger charge is 2.51. The monoisotopic (exact) mass is 490 g/mol. The van der Waals surface area contributed by atoms with Crippen LogP contribution in [0.4, 0.5) is 4.79 Å². The summed E-state index contributed by atoms with van der Waals surface area (Å²) in [6.07, 6.45) is 4.48. The highest BCUT2D eigenvalue weighted by Crippen LogP contribution is 2.54. The number of nitrogens with one attached hydrogen (secondary N) is 1. The zero-order chi connectivity index (χ0) is 25.8. The van der Waals surface area contributed by atoms with E-state index in [9.17, 15) is 9.90 Å². The van der Waals surface area contributed by atoms with Crippen LogP contribution < -0.4 is 14.8 Å². The summed E-state index contributed by atoms with van der Waals surface area (Å²) in [6, 6.07) is 14.3. The number of aliphatic hydroxyl groups is 1. The Balaban J connectivity index is 1.58. The van der Waals surface area contributed by atoms with Crippen molar-refractivity contribution in [2.75, 3.05) is 27.7 Å². The van der Waals surface area contributed by atoms with Crippen molar-refractivity contribution in [3.63, 3.8) is 0 Å². The summed E-state index contributed by atoms with van der Waals surface area (Å²) in [4.78, 5) is 13.5. The van der Waals surface area contributed by atoms with Crippen LogP contribution in [0.1, 0.15) is 55.7 Å². The van der Waals surface area contributed by atoms with Gasteiger partial charge >= 0.3 is 6.09 Å². The van der Waals surface area contributed by atoms with E-state index in [4.69, 9.17) is 9.47 Å². The third kappa shape index (κ3) is 5.53. The van der Waals surface area contributed by atoms with E-state index in [1.165, 1.54) is 21.6 Å². The van der Waals surface area contributed by atoms with Crippen LogP contribution in [-0.2, 0) is 18.4 Å². The summed E-state index contributed by atoms with van der Waals surface area (Å²) < 4.78 is 11.8. The van der Waals surface area contributed by atoms with Crippen molar-refractivity contribution < 1.29 is 19.4 Å². The molecule has 0 radical (unpaired) electrons. The van der Waals surface area contributed by atoms with Gasteiger partial charge in [0.1, 0.15) is 17.1 Å². The van der Waals surface area contributed by atoms with E-state index in [0.29, 0.717) is 31.1 Å². The van der Waals surface area contributed by atoms with Crippen molar-refractivity contribution in [1.29, 1.82) is 0 Å². The molecule has 2 aromatic rings. The van der Waals surface area contributed by atoms with Crippen LogP contribution in [0.2, 0.25) is 0 Å². The SMILES string of the molecule is CC#C[C@@]1(O)CC[C@@]2(CCOc3ccc(CNC)cc3)c3ccc(OC(=O)N(C)C)cc3CC[C@@H]2C1. The van der Waals surface area contributed by atoms with Gasteiger partial charge in [0.15, 0.2) is 0 Å². The van der Waals surface area contributed by atoms with Crippen LogP contribution in [0.3, 0.4) is 0 Å². The quantitative estimate of drug-likeness (QED) is 0.552. The molecule has 192 valence electrons. The van der Waals surface area contributed by atoms with Crippen LogP contribution in [-0.4, -0.2) is 49.5 Å². The topological polar surface area (TPSA) is 71.0 Å². The molecule has 1 saturated carbocycles. The fraction of sp³-hybridized carbons (Fsp3) is 0.500. The van der Waals surface area contributed by atoms with Gasteiger partial charge in [-0.15, -0.1) is 5.92 Å². The molecule has 4 rings (SSSR count). The minimum atomic E-state index is -0.925. The average molecular weight is 491 g/mol. The minimum absolute atomic E-state index is 0.106. The molecule has 2 N–H and O–H groups in total. The minimum Gasteiger partial charge on any atom is -0.494 e. The fourth-order valence-corrected chi connectivity index (χ4v) is 5.99. The number of ether oxygens (including phenoxy) is 2. The highest BCUT2D eigenvalue weighted by molar-refractivity contribution is 5.70. The second-order valence-corrected chi connectivity index (χ2v) is 10.4. The number of hydrogen-bond acceptors (Lipinski definition) is 5. The highest BCUT2D eigenvalue weighted by atomic mass is 16.6. The molecule has 0 spiro atoms. The van der Waals surface area contributed by atoms with Crippen molar-refractivity contribution in [2.45, 2.75) is 63.0 Å². The lowest BCUT2D eigenvalue weighted by atomic mass is 9.53. The number of benzene rings is 2. The molecular weight excluding hydrogens is 452 g/mol. The van der Waals surface area contributed by atoms with Gasteiger partial charge in [-0.1, -0.05) is 24.1 Å². The molecule has 6 heteroatoms. The molecule has 2 aliphatic rings. The second kappa shape index (κ2) is 10.9. The van der Waals surface area contributed by atoms with Gasteiger partial charge in [-0.05, 0) is 99.4 Å². The molecule has 36 heavy (non-hydrogen) atoms. The summed E-state index contributed by atoms with van der Waals surface area (Å²) >= 11 is 0. The Morgan fingerprint density at radius 3 is 2.61 bits per heavy atom. The van der Waals surface area contributed by atoms with E-state index in [1.807, 2.05) is 31.3 Å². The van der Waals surface area contributed by atoms with Gasteiger partial charge in [0.25, 0.3) is 0 Å². The summed E-state index contributed by atoms with van der Waals surface area (Å²) in [5.74, 6) is 7.77. The summed E-state index contributed by atoms with van der Waals surface area (Å²) in [7, 11) is 5.29. The van der Waals surface area contributed by atoms with Gasteiger partial charge in [-0.2, -0.15) is 0 Å². The number of carbonyl (C=O) groups excluding carboxylic acids is 1. The number of carbonyl (C=O) groups is 1. The number of amides is 1. The second-order valence-electron chi connectivity index (χ2n) is 10.4. The van der Waals surface area contributed by atoms with Crippen LogP contribution in [0.5, 0.6) is 11.5 Å². The third-order valence-electron chi connectivity index (χ3n) is 7.77. The van der Waals surface area contributed by atoms with E-state index in [1.54, 1.807) is 21.0 Å². The molecular formula is C30H38N2O4. The molecule has 3 atom stereocenters. The van der Waals surface area contributed by atoms with Gasteiger partial charge in [-0.3, -0.25) is 0 Å². The molecule has 0 bridgehead atoms. The van der Waals surface area contributed by atoms with Gasteiger partial charge < -0.3 is 24.8 Å². The van der Waals surface area contributed by atoms with Crippen molar-refractivity contribution >= 4 is 6.09 Å². The normalized spacial score (nSPS) is 24.5. The zero-order valence-corrected chi connectivity index (χ0v) is 21.9. The molecule has 0 unspecified atom stereocenters. The Hall–Kier alpha value is -3.01. The van der Waals surface area contributed by atoms with Crippen LogP contribution >= 0.6 is 0 Å². The first-order valence-corrected chi connectivity index (χ1v) is 12.8. The Kier molecular flexibility index (Phi) is 7.92. The first-order chi connectivity index (χ1) is 17.3. The van der Waals surface area contributed by atoms with E-state index in [0.717, 1.165) is 38.0 Å². The van der Waals surface area contributed by atoms with Crippen molar-refractivity contribution in [3.8, 4) is 23.3 Å². The van der Waals surface area contributed by atoms with Crippen LogP contribution in [0, 0.1) is 17.8 Å². The molecule has 2 aliphatic carbocycles. The molecule has 0 aromatic heterocycles. The van der Waals surface area contributed by atoms with Crippen LogP contribution in [0.15, 0.2) is 42.5 Å². The largest absolute Gasteiger partial charge is 0.494 e. The predicted octanol–water partition coefficient (Wildman–Crippen LogP) is 4.67. The maximum absolute atomic E-state index is 12.1. The number of aryl methyl sites for hydroxylation is 1. The van der Waals surface area contributed by atoms with Crippen LogP contribution in [0.25, 0.3) is 0 Å². The smallest absolute Gasteiger partial charge is 0.414 e. The number of hydrogen-bond donors (Lipinski definition) is 2. The van der Waals surface area contributed by atoms with Gasteiger partial charge in [0, 0.05) is 26.1 Å². The summed E-state index contributed by atoms with van der Waals surface area (Å²) in [6.45, 7) is 3.22. The fourth-order valence-electron chi connectivity index (χ4n) is 5.99. The van der Waals surface area contributed by atoms with E-state index >= 15 is 0 Å². The van der Waals surface area contributed by atoms with Crippen molar-refractivity contribution in [1.82, 2.24) is 10.2 Å². The molecule has 0 heterocycles. The Morgan fingerprint density at radius 2 is 1.92 bits per heavy atom. The maximum Gasteiger partial charge on any atom is 0.414 e. The molecule has 1 fully saturated rings. The molecule has 0 saturated heterocycles. The van der Waals surface area contributed by atoms with Crippen molar-refractivity contribution in [2.24, 2.45) is 5.92 Å². The molecule has 6 nitrogen and oxygen atoms in total. The number of nitrogens with zero attached hydrogens (tertiary/aromatic N) is 1. The summed E-state index contributed by atoms with van der Waals surface area (Å²) in [5, 5.41) is 14.3. The lowest BCUT2D eigenvalue weighted by molar-refractivity contribution is -0.0143. The molecule has 1 amide bonds. The van der Waals surface area contributed by atoms with Crippen molar-refractivity contribution in [3.05, 3.63) is 59.2 Å². The Bertz CT molecular complexity index is 1130. The molecule has 0 aliphatic heterocycles. The summed E-state index contributed by atoms with van der Waals surface area (Å²) in [5.41, 5.74) is 2.71. The van der Waals surface area contributed by atoms with E-state index in [2.05, 4.69) is 35.4 Å². The number of rotatable bonds is 7. The standard InChI is InChI=1S/C30H38N2O4/c1-5-14-29(34)15-16-30(17-18-35-25-10-6-22(7-11-25)21-31-2)24(20-29)9-8-23-19-26(12-13-27(23)30)36-28(33)32(3)4/h6-7,10-13,19,24,31,34H,8-9,15-18,20-21H2,1-4H3/t24-,29-,30+/m1/s1. The molecule has 2 aromatic carbocycles. The zero-order valence-electron chi connectivity index (χ0n) is 21.9. The van der Waals surface area contributed by atoms with Gasteiger partial charge in [-0.25, -0.2) is 4.79 Å². The van der Waals surface area contributed by atoms with Gasteiger partial charge in [0.2, 0.25) is 0 Å². The average Bonchev–Trinajstić information content (AvgIpc) is 2.85. The van der Waals surface area contributed by atoms with E-state index in [-0.39, 0.29) is 11.5 Å². The first-order valence-electron chi connectivity index (χ1n) is 12.8. The maximum atomic E-state index is 12.1. The Morgan fingerprint density at radius 1 is 1.17 bits per heavy atom. The predicted molar refractivity (Wildman–Crippen MR) is 141 cm³/mol. The number of fused-ring (bicyclic) bond motifs is 3. The third-order valence-corrected chi connectivity index (χ3v) is 7.77. The lowest BCUT2D eigenvalue weighted by Crippen LogP contribution is -2.50. The van der Waals surface area contributed by atoms with E-state index < -0.39 is 5.60 Å². The van der Waals surface area contributed by atoms with Gasteiger partial charge in [0.05, 0.1) is 6.61 Å².